The van der Waals surface area contributed by atoms with E-state index in [0.29, 0.717) is 13.0 Å². The zero-order valence-corrected chi connectivity index (χ0v) is 13.3. The lowest BCUT2D eigenvalue weighted by Gasteiger charge is -2.26. The van der Waals surface area contributed by atoms with Crippen LogP contribution in [-0.2, 0) is 9.53 Å². The van der Waals surface area contributed by atoms with Gasteiger partial charge >= 0.3 is 0 Å². The number of carbonyl (C=O) groups excluding carboxylic acids is 1. The van der Waals surface area contributed by atoms with Crippen LogP contribution in [0.25, 0.3) is 0 Å². The van der Waals surface area contributed by atoms with Crippen molar-refractivity contribution in [2.75, 3.05) is 20.2 Å². The normalized spacial score (nSPS) is 20.1. The fourth-order valence-corrected chi connectivity index (χ4v) is 3.12. The van der Waals surface area contributed by atoms with Crippen LogP contribution in [0.5, 0.6) is 0 Å². The van der Waals surface area contributed by atoms with Gasteiger partial charge in [0.1, 0.15) is 0 Å². The number of nitrogens with zero attached hydrogens (tertiary/aromatic N) is 1. The van der Waals surface area contributed by atoms with Crippen molar-refractivity contribution in [3.05, 3.63) is 34.3 Å². The molecule has 1 aromatic carbocycles. The van der Waals surface area contributed by atoms with Crippen molar-refractivity contribution in [1.82, 2.24) is 4.90 Å². The van der Waals surface area contributed by atoms with Gasteiger partial charge in [0.2, 0.25) is 5.91 Å². The van der Waals surface area contributed by atoms with Crippen LogP contribution >= 0.6 is 15.9 Å². The monoisotopic (exact) mass is 340 g/mol. The maximum Gasteiger partial charge on any atom is 0.225 e. The standard InChI is InChI=1S/C15H21BrN2O2/c1-20-13(10-17)9-15(19)18-7-3-6-14(18)11-4-2-5-12(16)8-11/h2,4-5,8,13-14H,3,6-7,9-10,17H2,1H3. The molecule has 1 saturated heterocycles. The molecule has 2 atom stereocenters. The molecule has 2 N–H and O–H groups in total. The number of likely N-dealkylation sites (tertiary alicyclic amines) is 1. The first-order chi connectivity index (χ1) is 9.65. The molecule has 110 valence electrons. The lowest BCUT2D eigenvalue weighted by molar-refractivity contribution is -0.134. The number of hydrogen-bond donors (Lipinski definition) is 1. The Morgan fingerprint density at radius 2 is 2.40 bits per heavy atom. The summed E-state index contributed by atoms with van der Waals surface area (Å²) in [4.78, 5) is 14.4. The molecule has 1 aliphatic heterocycles. The van der Waals surface area contributed by atoms with E-state index in [4.69, 9.17) is 10.5 Å². The second-order valence-corrected chi connectivity index (χ2v) is 6.01. The van der Waals surface area contributed by atoms with Gasteiger partial charge < -0.3 is 15.4 Å². The highest BCUT2D eigenvalue weighted by atomic mass is 79.9. The molecule has 0 radical (unpaired) electrons. The Kier molecular flexibility index (Phi) is 5.57. The highest BCUT2D eigenvalue weighted by Crippen LogP contribution is 2.33. The number of ether oxygens (including phenoxy) is 1. The van der Waals surface area contributed by atoms with Crippen molar-refractivity contribution >= 4 is 21.8 Å². The first-order valence-corrected chi connectivity index (χ1v) is 7.72. The summed E-state index contributed by atoms with van der Waals surface area (Å²) in [6, 6.07) is 8.36. The third kappa shape index (κ3) is 3.59. The van der Waals surface area contributed by atoms with Crippen molar-refractivity contribution in [1.29, 1.82) is 0 Å². The molecule has 1 aromatic rings. The van der Waals surface area contributed by atoms with E-state index in [1.807, 2.05) is 17.0 Å². The molecule has 1 aliphatic rings. The molecule has 1 heterocycles. The molecular weight excluding hydrogens is 320 g/mol. The summed E-state index contributed by atoms with van der Waals surface area (Å²) in [6.45, 7) is 1.19. The number of amides is 1. The molecule has 0 aromatic heterocycles. The Morgan fingerprint density at radius 3 is 3.05 bits per heavy atom. The third-order valence-corrected chi connectivity index (χ3v) is 4.30. The molecule has 2 rings (SSSR count). The van der Waals surface area contributed by atoms with Gasteiger partial charge in [-0.15, -0.1) is 0 Å². The first kappa shape index (κ1) is 15.5. The molecular formula is C15H21BrN2O2. The van der Waals surface area contributed by atoms with E-state index in [1.54, 1.807) is 7.11 Å². The Morgan fingerprint density at radius 1 is 1.60 bits per heavy atom. The van der Waals surface area contributed by atoms with Crippen molar-refractivity contribution < 1.29 is 9.53 Å². The summed E-state index contributed by atoms with van der Waals surface area (Å²) in [5.41, 5.74) is 6.78. The van der Waals surface area contributed by atoms with Gasteiger partial charge in [-0.25, -0.2) is 0 Å². The fraction of sp³-hybridized carbons (Fsp3) is 0.533. The minimum absolute atomic E-state index is 0.129. The van der Waals surface area contributed by atoms with E-state index >= 15 is 0 Å². The zero-order chi connectivity index (χ0) is 14.5. The summed E-state index contributed by atoms with van der Waals surface area (Å²) in [6.07, 6.45) is 2.23. The fourth-order valence-electron chi connectivity index (χ4n) is 2.70. The smallest absolute Gasteiger partial charge is 0.225 e. The van der Waals surface area contributed by atoms with Crippen molar-refractivity contribution in [2.24, 2.45) is 5.73 Å². The lowest BCUT2D eigenvalue weighted by atomic mass is 10.0. The van der Waals surface area contributed by atoms with Crippen LogP contribution in [0.15, 0.2) is 28.7 Å². The first-order valence-electron chi connectivity index (χ1n) is 6.93. The molecule has 0 saturated carbocycles. The second kappa shape index (κ2) is 7.20. The molecule has 0 aliphatic carbocycles. The summed E-state index contributed by atoms with van der Waals surface area (Å²) in [5, 5.41) is 0. The van der Waals surface area contributed by atoms with E-state index in [2.05, 4.69) is 28.1 Å². The molecule has 0 spiro atoms. The van der Waals surface area contributed by atoms with Crippen LogP contribution in [0.3, 0.4) is 0 Å². The highest BCUT2D eigenvalue weighted by molar-refractivity contribution is 9.10. The highest BCUT2D eigenvalue weighted by Gasteiger charge is 2.30. The minimum Gasteiger partial charge on any atom is -0.380 e. The minimum atomic E-state index is -0.189. The van der Waals surface area contributed by atoms with Gasteiger partial charge in [0.05, 0.1) is 18.6 Å². The Bertz CT molecular complexity index is 463. The van der Waals surface area contributed by atoms with Gasteiger partial charge in [-0.3, -0.25) is 4.79 Å². The molecule has 20 heavy (non-hydrogen) atoms. The molecule has 2 unspecified atom stereocenters. The SMILES string of the molecule is COC(CN)CC(=O)N1CCCC1c1cccc(Br)c1. The molecule has 1 amide bonds. The maximum absolute atomic E-state index is 12.4. The predicted octanol–water partition coefficient (Wildman–Crippen LogP) is 2.48. The van der Waals surface area contributed by atoms with Crippen molar-refractivity contribution in [2.45, 2.75) is 31.4 Å². The summed E-state index contributed by atoms with van der Waals surface area (Å²) in [5.74, 6) is 0.129. The molecule has 1 fully saturated rings. The van der Waals surface area contributed by atoms with Gasteiger partial charge in [-0.1, -0.05) is 28.1 Å². The van der Waals surface area contributed by atoms with Gasteiger partial charge in [0.25, 0.3) is 0 Å². The van der Waals surface area contributed by atoms with Crippen LogP contribution in [0.2, 0.25) is 0 Å². The Balaban J connectivity index is 2.09. The van der Waals surface area contributed by atoms with Crippen LogP contribution in [-0.4, -0.2) is 37.1 Å². The Labute approximate surface area is 128 Å². The van der Waals surface area contributed by atoms with Crippen LogP contribution < -0.4 is 5.73 Å². The predicted molar refractivity (Wildman–Crippen MR) is 82.3 cm³/mol. The van der Waals surface area contributed by atoms with Crippen molar-refractivity contribution in [3.63, 3.8) is 0 Å². The van der Waals surface area contributed by atoms with Crippen LogP contribution in [0.1, 0.15) is 30.9 Å². The number of hydrogen-bond acceptors (Lipinski definition) is 3. The third-order valence-electron chi connectivity index (χ3n) is 3.81. The van der Waals surface area contributed by atoms with Crippen LogP contribution in [0.4, 0.5) is 0 Å². The summed E-state index contributed by atoms with van der Waals surface area (Å²) >= 11 is 3.49. The quantitative estimate of drug-likeness (QED) is 0.895. The number of nitrogens with two attached hydrogens (primary N) is 1. The number of halogens is 1. The average Bonchev–Trinajstić information content (AvgIpc) is 2.94. The number of carbonyl (C=O) groups is 1. The van der Waals surface area contributed by atoms with E-state index in [1.165, 1.54) is 5.56 Å². The average molecular weight is 341 g/mol. The molecule has 5 heteroatoms. The topological polar surface area (TPSA) is 55.6 Å². The summed E-state index contributed by atoms with van der Waals surface area (Å²) in [7, 11) is 1.60. The van der Waals surface area contributed by atoms with Gasteiger partial charge in [-0.2, -0.15) is 0 Å². The van der Waals surface area contributed by atoms with Crippen LogP contribution in [0, 0.1) is 0 Å². The van der Waals surface area contributed by atoms with Gasteiger partial charge in [0, 0.05) is 24.7 Å². The van der Waals surface area contributed by atoms with E-state index in [-0.39, 0.29) is 18.1 Å². The molecule has 0 bridgehead atoms. The molecule has 4 nitrogen and oxygen atoms in total. The van der Waals surface area contributed by atoms with Gasteiger partial charge in [-0.05, 0) is 30.5 Å². The number of benzene rings is 1. The van der Waals surface area contributed by atoms with E-state index in [9.17, 15) is 4.79 Å². The second-order valence-electron chi connectivity index (χ2n) is 5.10. The number of rotatable bonds is 5. The Hall–Kier alpha value is -0.910. The van der Waals surface area contributed by atoms with Crippen molar-refractivity contribution in [3.8, 4) is 0 Å². The largest absolute Gasteiger partial charge is 0.380 e. The zero-order valence-electron chi connectivity index (χ0n) is 11.7. The van der Waals surface area contributed by atoms with E-state index in [0.717, 1.165) is 23.9 Å². The van der Waals surface area contributed by atoms with E-state index < -0.39 is 0 Å². The van der Waals surface area contributed by atoms with Gasteiger partial charge in [0.15, 0.2) is 0 Å². The maximum atomic E-state index is 12.4. The summed E-state index contributed by atoms with van der Waals surface area (Å²) < 4.78 is 6.26. The number of methoxy groups -OCH3 is 1. The lowest BCUT2D eigenvalue weighted by Crippen LogP contribution is -2.35.